The predicted molar refractivity (Wildman–Crippen MR) is 50.4 cm³/mol. The molecule has 1 aromatic rings. The van der Waals surface area contributed by atoms with Gasteiger partial charge in [0.2, 0.25) is 0 Å². The lowest BCUT2D eigenvalue weighted by Crippen LogP contribution is -2.22. The topological polar surface area (TPSA) is 40.7 Å². The Balaban J connectivity index is 0.00000121. The molecule has 0 bridgehead atoms. The average molecular weight is 168 g/mol. The van der Waals surface area contributed by atoms with E-state index in [9.17, 15) is 0 Å². The van der Waals surface area contributed by atoms with Crippen molar-refractivity contribution in [2.45, 2.75) is 26.4 Å². The molecule has 0 amide bonds. The quantitative estimate of drug-likeness (QED) is 0.632. The summed E-state index contributed by atoms with van der Waals surface area (Å²) in [5.41, 5.74) is -0.0959. The van der Waals surface area contributed by atoms with Crippen LogP contribution in [0, 0.1) is 0 Å². The minimum atomic E-state index is -0.0959. The lowest BCUT2D eigenvalue weighted by Gasteiger charge is -2.20. The Labute approximate surface area is 73.5 Å². The third kappa shape index (κ3) is 3.98. The van der Waals surface area contributed by atoms with Gasteiger partial charge in [-0.05, 0) is 32.9 Å². The summed E-state index contributed by atoms with van der Waals surface area (Å²) in [4.78, 5) is 0. The summed E-state index contributed by atoms with van der Waals surface area (Å²) >= 11 is 0. The van der Waals surface area contributed by atoms with Gasteiger partial charge in [-0.25, -0.2) is 0 Å². The van der Waals surface area contributed by atoms with E-state index in [0.29, 0.717) is 0 Å². The fraction of sp³-hybridized carbons (Fsp3) is 0.400. The zero-order chi connectivity index (χ0) is 8.32. The largest absolute Gasteiger partial charge is 0.488 e. The van der Waals surface area contributed by atoms with Crippen LogP contribution in [-0.2, 0) is 0 Å². The van der Waals surface area contributed by atoms with Crippen LogP contribution in [0.4, 0.5) is 0 Å². The Morgan fingerprint density at radius 3 is 1.92 bits per heavy atom. The first-order chi connectivity index (χ1) is 5.08. The summed E-state index contributed by atoms with van der Waals surface area (Å²) in [7, 11) is 0. The van der Waals surface area contributed by atoms with Crippen molar-refractivity contribution in [3.8, 4) is 5.75 Å². The molecule has 0 aliphatic carbocycles. The van der Waals surface area contributed by atoms with E-state index < -0.39 is 0 Å². The zero-order valence-electron chi connectivity index (χ0n) is 7.79. The van der Waals surface area contributed by atoms with Gasteiger partial charge in [0, 0.05) is 0 Å². The minimum absolute atomic E-state index is 0. The van der Waals surface area contributed by atoms with Crippen LogP contribution in [0.2, 0.25) is 0 Å². The van der Waals surface area contributed by atoms with Crippen molar-refractivity contribution >= 4 is 0 Å². The van der Waals surface area contributed by atoms with Gasteiger partial charge in [-0.2, -0.15) is 0 Å². The summed E-state index contributed by atoms with van der Waals surface area (Å²) < 4.78 is 5.60. The van der Waals surface area contributed by atoms with E-state index in [1.165, 1.54) is 0 Å². The minimum Gasteiger partial charge on any atom is -0.488 e. The van der Waals surface area contributed by atoms with Crippen LogP contribution >= 0.6 is 0 Å². The van der Waals surface area contributed by atoms with Crippen LogP contribution in [0.15, 0.2) is 30.3 Å². The Hall–Kier alpha value is -1.02. The van der Waals surface area contributed by atoms with E-state index in [1.807, 2.05) is 51.1 Å². The maximum Gasteiger partial charge on any atom is 0.120 e. The van der Waals surface area contributed by atoms with E-state index in [1.54, 1.807) is 0 Å². The molecular weight excluding hydrogens is 152 g/mol. The predicted octanol–water partition coefficient (Wildman–Crippen LogP) is 2.04. The molecule has 12 heavy (non-hydrogen) atoms. The van der Waals surface area contributed by atoms with Crippen molar-refractivity contribution in [1.82, 2.24) is 0 Å². The maximum absolute atomic E-state index is 5.60. The molecule has 0 spiro atoms. The van der Waals surface area contributed by atoms with Gasteiger partial charge in [-0.3, -0.25) is 0 Å². The first kappa shape index (κ1) is 11.0. The number of para-hydroxylation sites is 1. The number of rotatable bonds is 1. The van der Waals surface area contributed by atoms with E-state index in [-0.39, 0.29) is 11.1 Å². The molecule has 0 heterocycles. The lowest BCUT2D eigenvalue weighted by atomic mass is 10.2. The molecule has 0 atom stereocenters. The molecule has 0 aliphatic rings. The van der Waals surface area contributed by atoms with Crippen LogP contribution in [-0.4, -0.2) is 11.1 Å². The third-order valence-corrected chi connectivity index (χ3v) is 1.17. The Bertz CT molecular complexity index is 211. The van der Waals surface area contributed by atoms with E-state index in [4.69, 9.17) is 4.74 Å². The van der Waals surface area contributed by atoms with Crippen molar-refractivity contribution in [1.29, 1.82) is 0 Å². The second-order valence-electron chi connectivity index (χ2n) is 3.53. The smallest absolute Gasteiger partial charge is 0.120 e. The molecule has 1 aromatic carbocycles. The van der Waals surface area contributed by atoms with Gasteiger partial charge in [-0.15, -0.1) is 0 Å². The number of hydrogen-bond donors (Lipinski definition) is 0. The molecule has 0 radical (unpaired) electrons. The van der Waals surface area contributed by atoms with Crippen molar-refractivity contribution in [2.75, 3.05) is 0 Å². The van der Waals surface area contributed by atoms with E-state index in [2.05, 4.69) is 0 Å². The standard InChI is InChI=1S/C10H14O.H2O/c1-10(2,3)11-9-7-5-4-6-8-9;/h4-8H,1-3H3;1H2. The highest BCUT2D eigenvalue weighted by molar-refractivity contribution is 5.21. The Morgan fingerprint density at radius 1 is 1.00 bits per heavy atom. The van der Waals surface area contributed by atoms with E-state index in [0.717, 1.165) is 5.75 Å². The van der Waals surface area contributed by atoms with Crippen molar-refractivity contribution in [2.24, 2.45) is 0 Å². The first-order valence-electron chi connectivity index (χ1n) is 3.82. The molecule has 0 aliphatic heterocycles. The monoisotopic (exact) mass is 168 g/mol. The van der Waals surface area contributed by atoms with Crippen molar-refractivity contribution < 1.29 is 10.2 Å². The molecule has 1 rings (SSSR count). The van der Waals surface area contributed by atoms with Gasteiger partial charge in [0.25, 0.3) is 0 Å². The molecule has 2 heteroatoms. The van der Waals surface area contributed by atoms with Crippen LogP contribution in [0.5, 0.6) is 5.75 Å². The number of hydrogen-bond acceptors (Lipinski definition) is 1. The van der Waals surface area contributed by atoms with Gasteiger partial charge in [0.15, 0.2) is 0 Å². The summed E-state index contributed by atoms with van der Waals surface area (Å²) in [6.07, 6.45) is 0. The highest BCUT2D eigenvalue weighted by Crippen LogP contribution is 2.16. The van der Waals surface area contributed by atoms with Crippen LogP contribution in [0.3, 0.4) is 0 Å². The molecule has 2 nitrogen and oxygen atoms in total. The van der Waals surface area contributed by atoms with Crippen LogP contribution < -0.4 is 4.74 Å². The lowest BCUT2D eigenvalue weighted by molar-refractivity contribution is 0.131. The summed E-state index contributed by atoms with van der Waals surface area (Å²) in [5, 5.41) is 0. The molecule has 0 aromatic heterocycles. The van der Waals surface area contributed by atoms with Gasteiger partial charge in [0.05, 0.1) is 0 Å². The van der Waals surface area contributed by atoms with Crippen molar-refractivity contribution in [3.05, 3.63) is 30.3 Å². The molecule has 0 unspecified atom stereocenters. The fourth-order valence-corrected chi connectivity index (χ4v) is 0.842. The molecule has 2 N–H and O–H groups in total. The van der Waals surface area contributed by atoms with Gasteiger partial charge >= 0.3 is 0 Å². The molecule has 68 valence electrons. The van der Waals surface area contributed by atoms with Gasteiger partial charge < -0.3 is 10.2 Å². The number of ether oxygens (including phenoxy) is 1. The fourth-order valence-electron chi connectivity index (χ4n) is 0.842. The van der Waals surface area contributed by atoms with Crippen LogP contribution in [0.1, 0.15) is 20.8 Å². The van der Waals surface area contributed by atoms with Gasteiger partial charge in [0.1, 0.15) is 11.4 Å². The second kappa shape index (κ2) is 4.12. The molecule has 0 fully saturated rings. The first-order valence-corrected chi connectivity index (χ1v) is 3.82. The zero-order valence-corrected chi connectivity index (χ0v) is 7.79. The Morgan fingerprint density at radius 2 is 1.50 bits per heavy atom. The summed E-state index contributed by atoms with van der Waals surface area (Å²) in [6.45, 7) is 6.12. The van der Waals surface area contributed by atoms with Gasteiger partial charge in [-0.1, -0.05) is 18.2 Å². The highest BCUT2D eigenvalue weighted by Gasteiger charge is 2.10. The second-order valence-corrected chi connectivity index (χ2v) is 3.53. The summed E-state index contributed by atoms with van der Waals surface area (Å²) in [6, 6.07) is 9.86. The Kier molecular flexibility index (Phi) is 3.77. The SMILES string of the molecule is CC(C)(C)Oc1ccccc1.O. The number of benzene rings is 1. The third-order valence-electron chi connectivity index (χ3n) is 1.17. The normalized spacial score (nSPS) is 10.2. The van der Waals surface area contributed by atoms with Crippen molar-refractivity contribution in [3.63, 3.8) is 0 Å². The molecule has 0 saturated carbocycles. The van der Waals surface area contributed by atoms with E-state index >= 15 is 0 Å². The molecular formula is C10H16O2. The summed E-state index contributed by atoms with van der Waals surface area (Å²) in [5.74, 6) is 0.931. The average Bonchev–Trinajstić information content (AvgIpc) is 1.85. The highest BCUT2D eigenvalue weighted by atomic mass is 16.5. The van der Waals surface area contributed by atoms with Crippen LogP contribution in [0.25, 0.3) is 0 Å². The maximum atomic E-state index is 5.60. The molecule has 0 saturated heterocycles.